The average molecular weight is 504 g/mol. The van der Waals surface area contributed by atoms with E-state index in [-0.39, 0.29) is 19.6 Å². The number of carbonyl (C=O) groups is 2. The van der Waals surface area contributed by atoms with Gasteiger partial charge in [-0.25, -0.2) is 9.59 Å². The van der Waals surface area contributed by atoms with E-state index >= 15 is 0 Å². The molecule has 0 heterocycles. The number of nitrogens with two attached hydrogens (primary N) is 1. The van der Waals surface area contributed by atoms with Crippen molar-refractivity contribution in [1.29, 1.82) is 0 Å². The molecular formula is C25H40F3NO4Si. The fourth-order valence-corrected chi connectivity index (χ4v) is 6.15. The summed E-state index contributed by atoms with van der Waals surface area (Å²) in [7, 11) is -1.80. The Hall–Kier alpha value is -1.87. The van der Waals surface area contributed by atoms with Crippen molar-refractivity contribution in [2.75, 3.05) is 13.2 Å². The van der Waals surface area contributed by atoms with Crippen molar-refractivity contribution in [3.05, 3.63) is 35.4 Å². The van der Waals surface area contributed by atoms with E-state index in [2.05, 4.69) is 0 Å². The summed E-state index contributed by atoms with van der Waals surface area (Å²) in [5.74, 6) is -1.57. The summed E-state index contributed by atoms with van der Waals surface area (Å²) in [6.45, 7) is 7.63. The molecule has 0 unspecified atom stereocenters. The number of carbonyl (C=O) groups excluding carboxylic acids is 2. The second-order valence-corrected chi connectivity index (χ2v) is 14.9. The van der Waals surface area contributed by atoms with Gasteiger partial charge in [0.15, 0.2) is 0 Å². The molecule has 1 rings (SSSR count). The maximum Gasteiger partial charge on any atom is 0.388 e. The molecule has 5 nitrogen and oxygen atoms in total. The fourth-order valence-electron chi connectivity index (χ4n) is 3.74. The summed E-state index contributed by atoms with van der Waals surface area (Å²) in [5.41, 5.74) is 6.39. The highest BCUT2D eigenvalue weighted by Gasteiger charge is 2.44. The summed E-state index contributed by atoms with van der Waals surface area (Å²) in [6, 6.07) is 9.17. The number of hydrogen-bond donors (Lipinski definition) is 1. The van der Waals surface area contributed by atoms with Crippen LogP contribution in [-0.2, 0) is 31.9 Å². The maximum atomic E-state index is 12.5. The number of halogens is 3. The van der Waals surface area contributed by atoms with E-state index in [4.69, 9.17) is 15.2 Å². The van der Waals surface area contributed by atoms with Gasteiger partial charge in [-0.05, 0) is 56.7 Å². The van der Waals surface area contributed by atoms with Gasteiger partial charge in [0.25, 0.3) is 0 Å². The first-order valence-corrected chi connectivity index (χ1v) is 15.5. The number of aryl methyl sites for hydroxylation is 2. The Bertz CT molecular complexity index is 748. The second kappa shape index (κ2) is 13.9. The van der Waals surface area contributed by atoms with Crippen molar-refractivity contribution in [2.24, 2.45) is 5.73 Å². The molecule has 0 bridgehead atoms. The molecule has 9 heteroatoms. The lowest BCUT2D eigenvalue weighted by Crippen LogP contribution is -2.57. The number of unbranched alkanes of at least 4 members (excludes halogenated alkanes) is 2. The number of ether oxygens (including phenoxy) is 2. The standard InChI is InChI=1S/C25H40F3NO4Si/c1-5-32-22(30)24(29,23(31)33-6-2)16-15-21-13-11-20(12-14-21)10-8-7-9-18-34(3,4)19-17-25(26,27)28/h11-14H,5-10,15-19,29H2,1-4H3. The molecule has 0 aliphatic carbocycles. The van der Waals surface area contributed by atoms with Crippen LogP contribution in [0.5, 0.6) is 0 Å². The van der Waals surface area contributed by atoms with Crippen LogP contribution in [0.15, 0.2) is 24.3 Å². The molecule has 2 N–H and O–H groups in total. The van der Waals surface area contributed by atoms with Crippen molar-refractivity contribution in [3.8, 4) is 0 Å². The molecule has 0 spiro atoms. The minimum absolute atomic E-state index is 0.0814. The first-order valence-electron chi connectivity index (χ1n) is 12.1. The Labute approximate surface area is 202 Å². The largest absolute Gasteiger partial charge is 0.464 e. The van der Waals surface area contributed by atoms with Crippen molar-refractivity contribution in [1.82, 2.24) is 0 Å². The van der Waals surface area contributed by atoms with Gasteiger partial charge < -0.3 is 15.2 Å². The molecule has 1 aromatic rings. The molecule has 0 aromatic heterocycles. The van der Waals surface area contributed by atoms with Gasteiger partial charge in [0.2, 0.25) is 5.54 Å². The minimum atomic E-state index is -4.06. The summed E-state index contributed by atoms with van der Waals surface area (Å²) in [5, 5.41) is 0. The monoisotopic (exact) mass is 503 g/mol. The number of esters is 2. The molecule has 0 saturated heterocycles. The van der Waals surface area contributed by atoms with Crippen LogP contribution in [0.2, 0.25) is 25.2 Å². The molecule has 0 aliphatic heterocycles. The van der Waals surface area contributed by atoms with Crippen LogP contribution in [-0.4, -0.2) is 44.9 Å². The molecule has 194 valence electrons. The third-order valence-electron chi connectivity index (χ3n) is 6.01. The quantitative estimate of drug-likeness (QED) is 0.141. The third-order valence-corrected chi connectivity index (χ3v) is 9.33. The van der Waals surface area contributed by atoms with E-state index in [1.165, 1.54) is 5.56 Å². The summed E-state index contributed by atoms with van der Waals surface area (Å²) in [4.78, 5) is 24.5. The Morgan fingerprint density at radius 2 is 1.32 bits per heavy atom. The maximum absolute atomic E-state index is 12.5. The van der Waals surface area contributed by atoms with Crippen LogP contribution >= 0.6 is 0 Å². The van der Waals surface area contributed by atoms with Crippen LogP contribution < -0.4 is 5.73 Å². The van der Waals surface area contributed by atoms with Gasteiger partial charge >= 0.3 is 18.1 Å². The van der Waals surface area contributed by atoms with Crippen LogP contribution in [0, 0.1) is 0 Å². The molecule has 0 amide bonds. The lowest BCUT2D eigenvalue weighted by Gasteiger charge is -2.24. The predicted molar refractivity (Wildman–Crippen MR) is 130 cm³/mol. The molecule has 0 atom stereocenters. The number of rotatable bonds is 15. The van der Waals surface area contributed by atoms with Gasteiger partial charge in [0.05, 0.1) is 13.2 Å². The van der Waals surface area contributed by atoms with E-state index < -0.39 is 38.1 Å². The number of hydrogen-bond acceptors (Lipinski definition) is 5. The van der Waals surface area contributed by atoms with Crippen LogP contribution in [0.4, 0.5) is 13.2 Å². The van der Waals surface area contributed by atoms with E-state index in [0.29, 0.717) is 12.5 Å². The van der Waals surface area contributed by atoms with E-state index in [1.807, 2.05) is 37.4 Å². The Morgan fingerprint density at radius 3 is 1.79 bits per heavy atom. The minimum Gasteiger partial charge on any atom is -0.464 e. The smallest absolute Gasteiger partial charge is 0.388 e. The van der Waals surface area contributed by atoms with Gasteiger partial charge in [0, 0.05) is 14.5 Å². The summed E-state index contributed by atoms with van der Waals surface area (Å²) < 4.78 is 47.3. The summed E-state index contributed by atoms with van der Waals surface area (Å²) in [6.07, 6.45) is -0.361. The SMILES string of the molecule is CCOC(=O)C(N)(CCc1ccc(CCCCC[Si](C)(C)CCC(F)(F)F)cc1)C(=O)OCC. The highest BCUT2D eigenvalue weighted by molar-refractivity contribution is 6.77. The zero-order valence-electron chi connectivity index (χ0n) is 20.9. The van der Waals surface area contributed by atoms with Gasteiger partial charge in [-0.1, -0.05) is 56.2 Å². The molecule has 0 fully saturated rings. The Balaban J connectivity index is 2.49. The molecule has 0 aliphatic rings. The summed E-state index contributed by atoms with van der Waals surface area (Å²) >= 11 is 0. The van der Waals surface area contributed by atoms with E-state index in [1.54, 1.807) is 13.8 Å². The van der Waals surface area contributed by atoms with Gasteiger partial charge in [-0.3, -0.25) is 0 Å². The first kappa shape index (κ1) is 30.2. The van der Waals surface area contributed by atoms with Crippen LogP contribution in [0.25, 0.3) is 0 Å². The van der Waals surface area contributed by atoms with Crippen LogP contribution in [0.1, 0.15) is 57.1 Å². The van der Waals surface area contributed by atoms with Crippen molar-refractivity contribution in [3.63, 3.8) is 0 Å². The molecule has 34 heavy (non-hydrogen) atoms. The average Bonchev–Trinajstić information content (AvgIpc) is 2.76. The predicted octanol–water partition coefficient (Wildman–Crippen LogP) is 5.82. The lowest BCUT2D eigenvalue weighted by molar-refractivity contribution is -0.164. The van der Waals surface area contributed by atoms with E-state index in [0.717, 1.165) is 37.3 Å². The van der Waals surface area contributed by atoms with Gasteiger partial charge in [0.1, 0.15) is 0 Å². The second-order valence-electron chi connectivity index (χ2n) is 9.57. The highest BCUT2D eigenvalue weighted by atomic mass is 28.3. The fraction of sp³-hybridized carbons (Fsp3) is 0.680. The van der Waals surface area contributed by atoms with Crippen LogP contribution in [0.3, 0.4) is 0 Å². The zero-order valence-corrected chi connectivity index (χ0v) is 21.9. The van der Waals surface area contributed by atoms with Gasteiger partial charge in [-0.15, -0.1) is 0 Å². The number of benzene rings is 1. The lowest BCUT2D eigenvalue weighted by atomic mass is 9.91. The topological polar surface area (TPSA) is 78.6 Å². The van der Waals surface area contributed by atoms with Crippen molar-refractivity contribution < 1.29 is 32.2 Å². The molecule has 0 saturated carbocycles. The van der Waals surface area contributed by atoms with E-state index in [9.17, 15) is 22.8 Å². The first-order chi connectivity index (χ1) is 15.8. The Kier molecular flexibility index (Phi) is 12.3. The van der Waals surface area contributed by atoms with Crippen molar-refractivity contribution >= 4 is 20.0 Å². The third kappa shape index (κ3) is 11.0. The molecule has 1 aromatic carbocycles. The number of alkyl halides is 3. The zero-order chi connectivity index (χ0) is 25.8. The van der Waals surface area contributed by atoms with Gasteiger partial charge in [-0.2, -0.15) is 13.2 Å². The molecule has 0 radical (unpaired) electrons. The normalized spacial score (nSPS) is 12.5. The highest BCUT2D eigenvalue weighted by Crippen LogP contribution is 2.29. The van der Waals surface area contributed by atoms with Crippen molar-refractivity contribution in [2.45, 2.75) is 95.7 Å². The molecular weight excluding hydrogens is 463 g/mol. The Morgan fingerprint density at radius 1 is 0.824 bits per heavy atom.